The van der Waals surface area contributed by atoms with Gasteiger partial charge in [0.15, 0.2) is 0 Å². The van der Waals surface area contributed by atoms with Gasteiger partial charge in [-0.3, -0.25) is 0 Å². The molecule has 0 saturated heterocycles. The van der Waals surface area contributed by atoms with Crippen molar-refractivity contribution in [1.29, 1.82) is 0 Å². The summed E-state index contributed by atoms with van der Waals surface area (Å²) >= 11 is 20.0. The van der Waals surface area contributed by atoms with E-state index in [2.05, 4.69) is 215 Å². The van der Waals surface area contributed by atoms with E-state index in [9.17, 15) is 22.2 Å². The van der Waals surface area contributed by atoms with Gasteiger partial charge < -0.3 is 0 Å². The van der Waals surface area contributed by atoms with Crippen molar-refractivity contribution in [3.8, 4) is 0 Å². The molecule has 0 bridgehead atoms. The second-order valence-corrected chi connectivity index (χ2v) is 37.9. The SMILES string of the molecule is CC(C)c1cc(C(C)C)c([Si](Cl)(c2c(C(C)C)cc(C(C)C)cc2C(C)C)[Si](Cl)(c2c(C(C)C)cc(C(C)C)cc2C(C)C)c2c(C(C)C)cc(C(C)C)cc2C(C)C)c(C(C)C)c1. The van der Waals surface area contributed by atoms with Crippen molar-refractivity contribution in [2.75, 3.05) is 0 Å². The van der Waals surface area contributed by atoms with E-state index >= 15 is 0 Å². The Bertz CT molecular complexity index is 1820. The Morgan fingerprint density at radius 3 is 0.406 bits per heavy atom. The molecule has 354 valence electrons. The molecule has 0 aliphatic heterocycles. The third-order valence-corrected chi connectivity index (χ3v) is 34.5. The number of hydrogen-bond acceptors (Lipinski definition) is 0. The van der Waals surface area contributed by atoms with Gasteiger partial charge >= 0.3 is 0 Å². The summed E-state index contributed by atoms with van der Waals surface area (Å²) in [6, 6.07) is 20.6. The summed E-state index contributed by atoms with van der Waals surface area (Å²) in [6.07, 6.45) is 0. The highest BCUT2D eigenvalue weighted by atomic mass is 35.6. The monoisotopic (exact) mass is 939 g/mol. The van der Waals surface area contributed by atoms with Gasteiger partial charge in [0.25, 0.3) is 0 Å². The van der Waals surface area contributed by atoms with Crippen LogP contribution in [0.2, 0.25) is 0 Å². The fourth-order valence-corrected chi connectivity index (χ4v) is 31.9. The molecule has 4 aromatic carbocycles. The zero-order valence-electron chi connectivity index (χ0n) is 45.3. The highest BCUT2D eigenvalue weighted by molar-refractivity contribution is 7.84. The van der Waals surface area contributed by atoms with Crippen LogP contribution in [0, 0.1) is 0 Å². The summed E-state index contributed by atoms with van der Waals surface area (Å²) in [5, 5.41) is 5.61. The van der Waals surface area contributed by atoms with Crippen LogP contribution in [0.5, 0.6) is 0 Å². The third-order valence-electron chi connectivity index (χ3n) is 14.4. The fraction of sp³-hybridized carbons (Fsp3) is 0.600. The zero-order valence-corrected chi connectivity index (χ0v) is 48.8. The number of rotatable bonds is 17. The molecule has 0 aromatic heterocycles. The molecule has 4 heteroatoms. The lowest BCUT2D eigenvalue weighted by Crippen LogP contribution is -2.84. The second-order valence-electron chi connectivity index (χ2n) is 23.5. The predicted molar refractivity (Wildman–Crippen MR) is 297 cm³/mol. The van der Waals surface area contributed by atoms with Crippen LogP contribution in [-0.4, -0.2) is 13.8 Å². The van der Waals surface area contributed by atoms with E-state index in [4.69, 9.17) is 0 Å². The van der Waals surface area contributed by atoms with Gasteiger partial charge in [0.2, 0.25) is 13.8 Å². The molecule has 4 rings (SSSR count). The number of hydrogen-bond donors (Lipinski definition) is 0. The highest BCUT2D eigenvalue weighted by Gasteiger charge is 2.65. The molecule has 0 saturated carbocycles. The average molecular weight is 940 g/mol. The topological polar surface area (TPSA) is 0 Å². The van der Waals surface area contributed by atoms with Crippen molar-refractivity contribution < 1.29 is 0 Å². The Morgan fingerprint density at radius 1 is 0.219 bits per heavy atom. The van der Waals surface area contributed by atoms with Crippen LogP contribution in [0.4, 0.5) is 0 Å². The lowest BCUT2D eigenvalue weighted by atomic mass is 9.89. The largest absolute Gasteiger partial charge is 0.235 e. The van der Waals surface area contributed by atoms with Crippen LogP contribution in [-0.2, 0) is 0 Å². The first-order valence-corrected chi connectivity index (χ1v) is 32.6. The van der Waals surface area contributed by atoms with Crippen LogP contribution in [0.1, 0.15) is 304 Å². The zero-order chi connectivity index (χ0) is 48.8. The molecule has 0 atom stereocenters. The Labute approximate surface area is 406 Å². The van der Waals surface area contributed by atoms with Crippen molar-refractivity contribution >= 4 is 56.7 Å². The van der Waals surface area contributed by atoms with Gasteiger partial charge in [0.1, 0.15) is 0 Å². The van der Waals surface area contributed by atoms with E-state index in [1.165, 1.54) is 87.5 Å². The standard InChI is InChI=1S/C60H92Cl2Si2/c1-33(2)45-25-49(37(9)10)57(50(26-45)38(11)12)63(61,58-51(39(13)14)27-46(34(3)4)28-52(58)40(15)16)64(62,59-53(41(17)18)29-47(35(5)6)30-54(59)42(19)20)60-55(43(21)22)31-48(36(7)8)32-56(60)44(23)24/h25-44H,1-24H3. The van der Waals surface area contributed by atoms with Gasteiger partial charge in [-0.05, 0) is 159 Å². The third kappa shape index (κ3) is 10.2. The van der Waals surface area contributed by atoms with Crippen LogP contribution in [0.25, 0.3) is 0 Å². The quantitative estimate of drug-likeness (QED) is 0.0731. The van der Waals surface area contributed by atoms with Crippen molar-refractivity contribution in [1.82, 2.24) is 0 Å². The van der Waals surface area contributed by atoms with E-state index in [1.807, 2.05) is 0 Å². The minimum Gasteiger partial charge on any atom is -0.156 e. The maximum Gasteiger partial charge on any atom is 0.235 e. The minimum absolute atomic E-state index is 0.238. The fourth-order valence-electron chi connectivity index (χ4n) is 10.4. The molecular weight excluding hydrogens is 848 g/mol. The molecule has 4 aromatic rings. The first-order chi connectivity index (χ1) is 29.5. The lowest BCUT2D eigenvalue weighted by molar-refractivity contribution is 0.807. The van der Waals surface area contributed by atoms with Crippen LogP contribution >= 0.6 is 22.2 Å². The van der Waals surface area contributed by atoms with Gasteiger partial charge in [-0.1, -0.05) is 215 Å². The first kappa shape index (κ1) is 54.5. The van der Waals surface area contributed by atoms with Gasteiger partial charge in [-0.15, -0.1) is 0 Å². The highest BCUT2D eigenvalue weighted by Crippen LogP contribution is 2.44. The molecule has 0 aliphatic carbocycles. The van der Waals surface area contributed by atoms with Gasteiger partial charge in [0.05, 0.1) is 0 Å². The molecular formula is C60H92Cl2Si2. The molecule has 64 heavy (non-hydrogen) atoms. The summed E-state index contributed by atoms with van der Waals surface area (Å²) in [6.45, 7) is 49.9. The summed E-state index contributed by atoms with van der Waals surface area (Å²) in [4.78, 5) is 0. The van der Waals surface area contributed by atoms with Crippen LogP contribution in [0.3, 0.4) is 0 Å². The summed E-state index contributed by atoms with van der Waals surface area (Å²) in [7, 11) is 0. The van der Waals surface area contributed by atoms with Gasteiger partial charge in [-0.25, -0.2) is 0 Å². The smallest absolute Gasteiger partial charge is 0.156 e. The Hall–Kier alpha value is -2.11. The van der Waals surface area contributed by atoms with Crippen molar-refractivity contribution in [2.24, 2.45) is 0 Å². The summed E-state index contributed by atoms with van der Waals surface area (Å²) in [5.74, 6) is 3.41. The molecule has 0 amide bonds. The van der Waals surface area contributed by atoms with Crippen LogP contribution in [0.15, 0.2) is 48.5 Å². The molecule has 0 heterocycles. The van der Waals surface area contributed by atoms with Gasteiger partial charge in [-0.2, -0.15) is 22.2 Å². The number of halogens is 2. The predicted octanol–water partition coefficient (Wildman–Crippen LogP) is 17.5. The second kappa shape index (κ2) is 21.0. The Kier molecular flexibility index (Phi) is 17.9. The van der Waals surface area contributed by atoms with Crippen LogP contribution < -0.4 is 20.7 Å². The molecule has 0 N–H and O–H groups in total. The molecule has 0 nitrogen and oxygen atoms in total. The minimum atomic E-state index is -3.80. The molecule has 0 fully saturated rings. The first-order valence-electron chi connectivity index (χ1n) is 25.6. The van der Waals surface area contributed by atoms with E-state index < -0.39 is 13.8 Å². The molecule has 0 aliphatic rings. The lowest BCUT2D eigenvalue weighted by Gasteiger charge is -2.49. The van der Waals surface area contributed by atoms with E-state index in [1.54, 1.807) is 0 Å². The van der Waals surface area contributed by atoms with E-state index in [0.717, 1.165) is 0 Å². The van der Waals surface area contributed by atoms with Crippen molar-refractivity contribution in [2.45, 2.75) is 237 Å². The molecule has 0 radical (unpaired) electrons. The average Bonchev–Trinajstić information content (AvgIpc) is 3.20. The number of benzene rings is 4. The maximum atomic E-state index is 10.0. The molecule has 0 spiro atoms. The van der Waals surface area contributed by atoms with E-state index in [0.29, 0.717) is 23.7 Å². The summed E-state index contributed by atoms with van der Waals surface area (Å²) < 4.78 is 0. The van der Waals surface area contributed by atoms with E-state index in [-0.39, 0.29) is 47.3 Å². The Morgan fingerprint density at radius 2 is 0.328 bits per heavy atom. The Balaban J connectivity index is 2.79. The molecule has 0 unspecified atom stereocenters. The van der Waals surface area contributed by atoms with Crippen molar-refractivity contribution in [3.63, 3.8) is 0 Å². The van der Waals surface area contributed by atoms with Crippen molar-refractivity contribution in [3.05, 3.63) is 115 Å². The summed E-state index contributed by atoms with van der Waals surface area (Å²) in [5.41, 5.74) is 16.8. The normalized spacial score (nSPS) is 13.3. The van der Waals surface area contributed by atoms with Gasteiger partial charge in [0, 0.05) is 0 Å². The maximum absolute atomic E-state index is 10.0.